The number of ether oxygens (including phenoxy) is 1. The molecule has 34 heavy (non-hydrogen) atoms. The molecule has 1 aliphatic heterocycles. The van der Waals surface area contributed by atoms with Gasteiger partial charge in [-0.2, -0.15) is 10.4 Å². The van der Waals surface area contributed by atoms with E-state index in [1.807, 2.05) is 44.5 Å². The van der Waals surface area contributed by atoms with Crippen molar-refractivity contribution in [1.29, 1.82) is 5.26 Å². The third kappa shape index (κ3) is 4.43. The Labute approximate surface area is 197 Å². The lowest BCUT2D eigenvalue weighted by Gasteiger charge is -2.34. The number of fused-ring (bicyclic) bond motifs is 1. The van der Waals surface area contributed by atoms with Gasteiger partial charge in [0.1, 0.15) is 23.0 Å². The number of rotatable bonds is 4. The Morgan fingerprint density at radius 1 is 1.32 bits per heavy atom. The molecule has 10 heteroatoms. The number of nitrogens with one attached hydrogen (secondary N) is 1. The predicted octanol–water partition coefficient (Wildman–Crippen LogP) is 2.78. The molecule has 4 rings (SSSR count). The van der Waals surface area contributed by atoms with Crippen LogP contribution >= 0.6 is 0 Å². The van der Waals surface area contributed by atoms with Crippen LogP contribution in [-0.4, -0.2) is 60.6 Å². The summed E-state index contributed by atoms with van der Waals surface area (Å²) in [5, 5.41) is 23.7. The fourth-order valence-corrected chi connectivity index (χ4v) is 4.57. The standard InChI is InChI=1S/C24H30N6O4/c1-15-22(16-11-20-26-14-18(13-25)29(20)21(32)12-16)19(7-10-31)27-30(15)17-5-8-28(9-6-17)23(33)34-24(2,3)4/h11-12,14,17,26,31H,5-10H2,1-4H3. The monoisotopic (exact) mass is 466 g/mol. The number of nitriles is 1. The normalized spacial score (nSPS) is 15.0. The van der Waals surface area contributed by atoms with Gasteiger partial charge in [-0.1, -0.05) is 0 Å². The van der Waals surface area contributed by atoms with Crippen molar-refractivity contribution in [2.45, 2.75) is 58.6 Å². The van der Waals surface area contributed by atoms with Crippen molar-refractivity contribution in [3.05, 3.63) is 45.8 Å². The van der Waals surface area contributed by atoms with Gasteiger partial charge in [0.15, 0.2) is 0 Å². The number of likely N-dealkylation sites (tertiary alicyclic amines) is 1. The van der Waals surface area contributed by atoms with Crippen LogP contribution in [0.4, 0.5) is 4.79 Å². The summed E-state index contributed by atoms with van der Waals surface area (Å²) in [6.45, 7) is 8.58. The maximum absolute atomic E-state index is 12.8. The highest BCUT2D eigenvalue weighted by atomic mass is 16.6. The van der Waals surface area contributed by atoms with Crippen LogP contribution in [0.2, 0.25) is 0 Å². The Morgan fingerprint density at radius 2 is 2.03 bits per heavy atom. The van der Waals surface area contributed by atoms with Gasteiger partial charge in [-0.15, -0.1) is 0 Å². The van der Waals surface area contributed by atoms with E-state index in [1.165, 1.54) is 16.7 Å². The molecule has 180 valence electrons. The van der Waals surface area contributed by atoms with Gasteiger partial charge in [0.05, 0.1) is 11.7 Å². The summed E-state index contributed by atoms with van der Waals surface area (Å²) in [4.78, 5) is 29.9. The number of carbonyl (C=O) groups excluding carboxylic acids is 1. The van der Waals surface area contributed by atoms with Crippen molar-refractivity contribution >= 4 is 11.7 Å². The molecule has 4 heterocycles. The molecule has 1 amide bonds. The van der Waals surface area contributed by atoms with Gasteiger partial charge in [-0.05, 0) is 52.2 Å². The summed E-state index contributed by atoms with van der Waals surface area (Å²) in [6, 6.07) is 5.42. The number of aliphatic hydroxyl groups is 1. The first kappa shape index (κ1) is 23.6. The number of aliphatic hydroxyl groups excluding tert-OH is 1. The summed E-state index contributed by atoms with van der Waals surface area (Å²) in [7, 11) is 0. The van der Waals surface area contributed by atoms with Gasteiger partial charge < -0.3 is 19.7 Å². The van der Waals surface area contributed by atoms with E-state index >= 15 is 0 Å². The van der Waals surface area contributed by atoms with E-state index in [9.17, 15) is 20.0 Å². The van der Waals surface area contributed by atoms with Crippen LogP contribution < -0.4 is 5.56 Å². The average molecular weight is 467 g/mol. The summed E-state index contributed by atoms with van der Waals surface area (Å²) < 4.78 is 8.79. The zero-order chi connectivity index (χ0) is 24.6. The van der Waals surface area contributed by atoms with E-state index in [0.29, 0.717) is 36.4 Å². The molecule has 1 aliphatic rings. The molecule has 0 aromatic carbocycles. The highest BCUT2D eigenvalue weighted by Crippen LogP contribution is 2.33. The summed E-state index contributed by atoms with van der Waals surface area (Å²) in [5.74, 6) is 0. The third-order valence-electron chi connectivity index (χ3n) is 6.07. The molecule has 0 radical (unpaired) electrons. The number of nitrogens with zero attached hydrogens (tertiary/aromatic N) is 5. The molecular formula is C24H30N6O4. The number of hydrogen-bond acceptors (Lipinski definition) is 6. The number of carbonyl (C=O) groups is 1. The number of H-pyrrole nitrogens is 1. The molecule has 1 fully saturated rings. The number of aromatic amines is 1. The Morgan fingerprint density at radius 3 is 2.65 bits per heavy atom. The van der Waals surface area contributed by atoms with Crippen molar-refractivity contribution < 1.29 is 14.6 Å². The summed E-state index contributed by atoms with van der Waals surface area (Å²) >= 11 is 0. The fraction of sp³-hybridized carbons (Fsp3) is 0.500. The number of imidazole rings is 1. The quantitative estimate of drug-likeness (QED) is 0.608. The van der Waals surface area contributed by atoms with Crippen LogP contribution in [0.3, 0.4) is 0 Å². The maximum atomic E-state index is 12.8. The number of amides is 1. The molecule has 1 saturated heterocycles. The van der Waals surface area contributed by atoms with Crippen LogP contribution in [0.1, 0.15) is 56.7 Å². The van der Waals surface area contributed by atoms with Gasteiger partial charge in [-0.3, -0.25) is 13.9 Å². The lowest BCUT2D eigenvalue weighted by atomic mass is 10.0. The Balaban J connectivity index is 1.64. The number of piperidine rings is 1. The molecule has 0 aliphatic carbocycles. The molecule has 0 spiro atoms. The van der Waals surface area contributed by atoms with Crippen molar-refractivity contribution in [1.82, 2.24) is 24.1 Å². The summed E-state index contributed by atoms with van der Waals surface area (Å²) in [5.41, 5.74) is 3.04. The van der Waals surface area contributed by atoms with Crippen LogP contribution in [0.25, 0.3) is 16.8 Å². The van der Waals surface area contributed by atoms with Gasteiger partial charge in [0, 0.05) is 49.6 Å². The van der Waals surface area contributed by atoms with E-state index in [-0.39, 0.29) is 30.0 Å². The first-order valence-corrected chi connectivity index (χ1v) is 11.4. The van der Waals surface area contributed by atoms with E-state index in [4.69, 9.17) is 9.84 Å². The molecule has 10 nitrogen and oxygen atoms in total. The van der Waals surface area contributed by atoms with Crippen molar-refractivity contribution in [3.8, 4) is 17.2 Å². The molecule has 3 aromatic heterocycles. The minimum Gasteiger partial charge on any atom is -0.444 e. The average Bonchev–Trinajstić information content (AvgIpc) is 3.34. The second kappa shape index (κ2) is 8.99. The fourth-order valence-electron chi connectivity index (χ4n) is 4.57. The number of hydrogen-bond donors (Lipinski definition) is 2. The second-order valence-electron chi connectivity index (χ2n) is 9.61. The first-order chi connectivity index (χ1) is 16.1. The molecule has 2 N–H and O–H groups in total. The zero-order valence-electron chi connectivity index (χ0n) is 20.0. The minimum atomic E-state index is -0.534. The molecule has 0 unspecified atom stereocenters. The molecule has 0 atom stereocenters. The predicted molar refractivity (Wildman–Crippen MR) is 126 cm³/mol. The molecule has 0 bridgehead atoms. The van der Waals surface area contributed by atoms with Crippen molar-refractivity contribution in [2.75, 3.05) is 19.7 Å². The third-order valence-corrected chi connectivity index (χ3v) is 6.07. The SMILES string of the molecule is Cc1c(-c2cc(=O)n3c(C#N)c[nH]c3c2)c(CCO)nn1C1CCN(C(=O)OC(C)(C)C)CC1. The van der Waals surface area contributed by atoms with Crippen LogP contribution in [-0.2, 0) is 11.2 Å². The van der Waals surface area contributed by atoms with Crippen LogP contribution in [0, 0.1) is 18.3 Å². The Kier molecular flexibility index (Phi) is 6.23. The molecule has 3 aromatic rings. The van der Waals surface area contributed by atoms with E-state index < -0.39 is 5.60 Å². The van der Waals surface area contributed by atoms with Gasteiger partial charge >= 0.3 is 6.09 Å². The highest BCUT2D eigenvalue weighted by Gasteiger charge is 2.30. The highest BCUT2D eigenvalue weighted by molar-refractivity contribution is 5.72. The maximum Gasteiger partial charge on any atom is 0.410 e. The molecular weight excluding hydrogens is 436 g/mol. The van der Waals surface area contributed by atoms with Gasteiger partial charge in [0.25, 0.3) is 5.56 Å². The Hall–Kier alpha value is -3.58. The number of pyridine rings is 1. The Bertz CT molecular complexity index is 1310. The van der Waals surface area contributed by atoms with Crippen molar-refractivity contribution in [3.63, 3.8) is 0 Å². The van der Waals surface area contributed by atoms with E-state index in [0.717, 1.165) is 24.1 Å². The van der Waals surface area contributed by atoms with E-state index in [2.05, 4.69) is 4.98 Å². The van der Waals surface area contributed by atoms with Gasteiger partial charge in [0.2, 0.25) is 0 Å². The lowest BCUT2D eigenvalue weighted by Crippen LogP contribution is -2.42. The summed E-state index contributed by atoms with van der Waals surface area (Å²) in [6.07, 6.45) is 3.01. The zero-order valence-corrected chi connectivity index (χ0v) is 20.0. The second-order valence-corrected chi connectivity index (χ2v) is 9.61. The molecule has 0 saturated carbocycles. The smallest absolute Gasteiger partial charge is 0.410 e. The first-order valence-electron chi connectivity index (χ1n) is 11.4. The van der Waals surface area contributed by atoms with Crippen LogP contribution in [0.15, 0.2) is 23.1 Å². The number of aromatic nitrogens is 4. The largest absolute Gasteiger partial charge is 0.444 e. The minimum absolute atomic E-state index is 0.0666. The topological polar surface area (TPSA) is 129 Å². The lowest BCUT2D eigenvalue weighted by molar-refractivity contribution is 0.0184. The van der Waals surface area contributed by atoms with Crippen LogP contribution in [0.5, 0.6) is 0 Å². The van der Waals surface area contributed by atoms with Gasteiger partial charge in [-0.25, -0.2) is 4.79 Å². The van der Waals surface area contributed by atoms with E-state index in [1.54, 1.807) is 4.90 Å². The van der Waals surface area contributed by atoms with Crippen molar-refractivity contribution in [2.24, 2.45) is 0 Å².